The van der Waals surface area contributed by atoms with Gasteiger partial charge in [-0.2, -0.15) is 0 Å². The second-order valence-corrected chi connectivity index (χ2v) is 4.34. The molecule has 0 bridgehead atoms. The first-order valence-corrected chi connectivity index (χ1v) is 5.38. The molecule has 0 fully saturated rings. The Balaban J connectivity index is 2.96. The van der Waals surface area contributed by atoms with Crippen LogP contribution < -0.4 is 0 Å². The highest BCUT2D eigenvalue weighted by Crippen LogP contribution is 2.17. The van der Waals surface area contributed by atoms with Crippen LogP contribution in [0.4, 0.5) is 0 Å². The smallest absolute Gasteiger partial charge is 0.394 e. The van der Waals surface area contributed by atoms with Crippen molar-refractivity contribution in [2.24, 2.45) is 0 Å². The quantitative estimate of drug-likeness (QED) is 0.793. The van der Waals surface area contributed by atoms with Crippen molar-refractivity contribution in [3.05, 3.63) is 34.4 Å². The summed E-state index contributed by atoms with van der Waals surface area (Å²) in [5, 5.41) is 8.62. The Bertz CT molecular complexity index is 443. The molecule has 1 aromatic carbocycles. The first-order chi connectivity index (χ1) is 7.82. The average Bonchev–Trinajstić information content (AvgIpc) is 2.21. The number of carboxylic acids is 1. The molecule has 92 valence electrons. The predicted octanol–water partition coefficient (Wildman–Crippen LogP) is 1.65. The lowest BCUT2D eigenvalue weighted by Gasteiger charge is -2.18. The zero-order valence-corrected chi connectivity index (χ0v) is 10.6. The number of aryl methyl sites for hydroxylation is 3. The van der Waals surface area contributed by atoms with Gasteiger partial charge in [0.2, 0.25) is 0 Å². The van der Waals surface area contributed by atoms with Gasteiger partial charge in [-0.1, -0.05) is 17.7 Å². The lowest BCUT2D eigenvalue weighted by molar-refractivity contribution is -0.155. The van der Waals surface area contributed by atoms with Crippen LogP contribution in [0.15, 0.2) is 12.1 Å². The van der Waals surface area contributed by atoms with Crippen molar-refractivity contribution >= 4 is 11.9 Å². The van der Waals surface area contributed by atoms with Gasteiger partial charge in [0.25, 0.3) is 0 Å². The third kappa shape index (κ3) is 3.06. The summed E-state index contributed by atoms with van der Waals surface area (Å²) >= 11 is 0. The van der Waals surface area contributed by atoms with E-state index >= 15 is 0 Å². The maximum absolute atomic E-state index is 11.3. The largest absolute Gasteiger partial charge is 0.474 e. The van der Waals surface area contributed by atoms with E-state index in [0.29, 0.717) is 6.54 Å². The van der Waals surface area contributed by atoms with Gasteiger partial charge in [-0.25, -0.2) is 4.79 Å². The van der Waals surface area contributed by atoms with Crippen molar-refractivity contribution < 1.29 is 14.7 Å². The minimum absolute atomic E-state index is 0.322. The molecule has 0 aliphatic carbocycles. The number of carbonyl (C=O) groups is 2. The van der Waals surface area contributed by atoms with Crippen LogP contribution in [-0.2, 0) is 16.1 Å². The molecule has 0 spiro atoms. The van der Waals surface area contributed by atoms with E-state index in [1.807, 2.05) is 32.9 Å². The minimum atomic E-state index is -1.42. The highest BCUT2D eigenvalue weighted by Gasteiger charge is 2.18. The Kier molecular flexibility index (Phi) is 3.89. The van der Waals surface area contributed by atoms with Crippen molar-refractivity contribution in [1.82, 2.24) is 4.90 Å². The molecule has 0 aliphatic heterocycles. The number of benzene rings is 1. The summed E-state index contributed by atoms with van der Waals surface area (Å²) in [7, 11) is 1.50. The summed E-state index contributed by atoms with van der Waals surface area (Å²) in [4.78, 5) is 23.0. The second-order valence-electron chi connectivity index (χ2n) is 4.34. The van der Waals surface area contributed by atoms with E-state index in [-0.39, 0.29) is 0 Å². The Morgan fingerprint density at radius 2 is 1.65 bits per heavy atom. The summed E-state index contributed by atoms with van der Waals surface area (Å²) in [6.45, 7) is 6.27. The van der Waals surface area contributed by atoms with Gasteiger partial charge in [0, 0.05) is 13.6 Å². The van der Waals surface area contributed by atoms with E-state index in [0.717, 1.165) is 22.3 Å². The number of aliphatic carboxylic acids is 1. The van der Waals surface area contributed by atoms with E-state index in [1.165, 1.54) is 11.9 Å². The number of rotatable bonds is 2. The molecule has 4 nitrogen and oxygen atoms in total. The summed E-state index contributed by atoms with van der Waals surface area (Å²) in [6.07, 6.45) is 0. The van der Waals surface area contributed by atoms with Crippen molar-refractivity contribution in [2.75, 3.05) is 7.05 Å². The summed E-state index contributed by atoms with van der Waals surface area (Å²) < 4.78 is 0. The van der Waals surface area contributed by atoms with Crippen LogP contribution in [0.1, 0.15) is 22.3 Å². The monoisotopic (exact) mass is 235 g/mol. The van der Waals surface area contributed by atoms with Gasteiger partial charge >= 0.3 is 11.9 Å². The molecule has 0 aliphatic rings. The third-order valence-corrected chi connectivity index (χ3v) is 2.77. The highest BCUT2D eigenvalue weighted by atomic mass is 16.4. The predicted molar refractivity (Wildman–Crippen MR) is 64.8 cm³/mol. The van der Waals surface area contributed by atoms with E-state index in [2.05, 4.69) is 0 Å². The molecule has 0 unspecified atom stereocenters. The second kappa shape index (κ2) is 4.99. The van der Waals surface area contributed by atoms with E-state index in [9.17, 15) is 9.59 Å². The minimum Gasteiger partial charge on any atom is -0.474 e. The average molecular weight is 235 g/mol. The molecule has 0 saturated carbocycles. The van der Waals surface area contributed by atoms with Gasteiger partial charge in [-0.3, -0.25) is 4.79 Å². The molecule has 1 aromatic rings. The van der Waals surface area contributed by atoms with Crippen molar-refractivity contribution in [3.63, 3.8) is 0 Å². The molecular formula is C13H17NO3. The Hall–Kier alpha value is -1.84. The standard InChI is InChI=1S/C13H17NO3/c1-8-5-9(2)11(10(3)6-8)7-14(4)12(15)13(16)17/h5-6H,7H2,1-4H3,(H,16,17). The van der Waals surface area contributed by atoms with Crippen LogP contribution in [0.25, 0.3) is 0 Å². The fraction of sp³-hybridized carbons (Fsp3) is 0.385. The zero-order chi connectivity index (χ0) is 13.2. The van der Waals surface area contributed by atoms with Gasteiger partial charge in [0.05, 0.1) is 0 Å². The lowest BCUT2D eigenvalue weighted by atomic mass is 9.99. The van der Waals surface area contributed by atoms with Crippen LogP contribution in [0.2, 0.25) is 0 Å². The fourth-order valence-electron chi connectivity index (χ4n) is 1.93. The molecule has 0 aromatic heterocycles. The van der Waals surface area contributed by atoms with Gasteiger partial charge in [-0.15, -0.1) is 0 Å². The fourth-order valence-corrected chi connectivity index (χ4v) is 1.93. The van der Waals surface area contributed by atoms with Crippen LogP contribution >= 0.6 is 0 Å². The maximum atomic E-state index is 11.3. The van der Waals surface area contributed by atoms with Crippen LogP contribution in [-0.4, -0.2) is 28.9 Å². The molecule has 4 heteroatoms. The molecular weight excluding hydrogens is 218 g/mol. The van der Waals surface area contributed by atoms with Crippen LogP contribution in [0.3, 0.4) is 0 Å². The number of carbonyl (C=O) groups excluding carboxylic acids is 1. The van der Waals surface area contributed by atoms with Crippen LogP contribution in [0, 0.1) is 20.8 Å². The van der Waals surface area contributed by atoms with Gasteiger partial charge in [0.1, 0.15) is 0 Å². The number of likely N-dealkylation sites (N-methyl/N-ethyl adjacent to an activating group) is 1. The van der Waals surface area contributed by atoms with Crippen molar-refractivity contribution in [1.29, 1.82) is 0 Å². The molecule has 17 heavy (non-hydrogen) atoms. The van der Waals surface area contributed by atoms with E-state index < -0.39 is 11.9 Å². The lowest BCUT2D eigenvalue weighted by Crippen LogP contribution is -2.32. The van der Waals surface area contributed by atoms with Crippen molar-refractivity contribution in [2.45, 2.75) is 27.3 Å². The molecule has 0 atom stereocenters. The molecule has 1 rings (SSSR count). The Morgan fingerprint density at radius 3 is 2.06 bits per heavy atom. The summed E-state index contributed by atoms with van der Waals surface area (Å²) in [5.41, 5.74) is 4.32. The van der Waals surface area contributed by atoms with E-state index in [1.54, 1.807) is 0 Å². The third-order valence-electron chi connectivity index (χ3n) is 2.77. The van der Waals surface area contributed by atoms with Crippen molar-refractivity contribution in [3.8, 4) is 0 Å². The van der Waals surface area contributed by atoms with Crippen LogP contribution in [0.5, 0.6) is 0 Å². The normalized spacial score (nSPS) is 10.1. The summed E-state index contributed by atoms with van der Waals surface area (Å²) in [5.74, 6) is -2.31. The zero-order valence-electron chi connectivity index (χ0n) is 10.6. The number of nitrogens with zero attached hydrogens (tertiary/aromatic N) is 1. The molecule has 0 radical (unpaired) electrons. The first-order valence-electron chi connectivity index (χ1n) is 5.38. The maximum Gasteiger partial charge on any atom is 0.394 e. The number of hydrogen-bond acceptors (Lipinski definition) is 2. The SMILES string of the molecule is Cc1cc(C)c(CN(C)C(=O)C(=O)O)c(C)c1. The van der Waals surface area contributed by atoms with Gasteiger partial charge < -0.3 is 10.0 Å². The molecule has 0 saturated heterocycles. The highest BCUT2D eigenvalue weighted by molar-refractivity contribution is 6.31. The Labute approximate surface area is 101 Å². The topological polar surface area (TPSA) is 57.6 Å². The summed E-state index contributed by atoms with van der Waals surface area (Å²) in [6, 6.07) is 4.06. The van der Waals surface area contributed by atoms with E-state index in [4.69, 9.17) is 5.11 Å². The molecule has 1 amide bonds. The van der Waals surface area contributed by atoms with Gasteiger partial charge in [0.15, 0.2) is 0 Å². The number of amides is 1. The number of hydrogen-bond donors (Lipinski definition) is 1. The first kappa shape index (κ1) is 13.2. The molecule has 1 N–H and O–H groups in total. The van der Waals surface area contributed by atoms with Gasteiger partial charge in [-0.05, 0) is 37.5 Å². The number of carboxylic acid groups (broad SMARTS) is 1. The molecule has 0 heterocycles. The Morgan fingerprint density at radius 1 is 1.18 bits per heavy atom.